The summed E-state index contributed by atoms with van der Waals surface area (Å²) >= 11 is 5.80. The van der Waals surface area contributed by atoms with Crippen molar-refractivity contribution in [1.29, 1.82) is 5.26 Å². The van der Waals surface area contributed by atoms with Crippen LogP contribution in [-0.2, 0) is 9.59 Å². The van der Waals surface area contributed by atoms with Gasteiger partial charge >= 0.3 is 0 Å². The summed E-state index contributed by atoms with van der Waals surface area (Å²) in [6, 6.07) is 9.48. The van der Waals surface area contributed by atoms with Gasteiger partial charge in [-0.05, 0) is 43.2 Å². The van der Waals surface area contributed by atoms with E-state index in [9.17, 15) is 0 Å². The summed E-state index contributed by atoms with van der Waals surface area (Å²) in [4.78, 5) is 20.2. The Morgan fingerprint density at radius 3 is 2.38 bits per heavy atom. The molecule has 0 unspecified atom stereocenters. The number of aryl methyl sites for hydroxylation is 2. The van der Waals surface area contributed by atoms with Crippen LogP contribution in [0.15, 0.2) is 41.8 Å². The third-order valence-corrected chi connectivity index (χ3v) is 3.64. The molecular formula is C20H23ClN6O2. The maximum absolute atomic E-state index is 8.50. The van der Waals surface area contributed by atoms with Gasteiger partial charge in [-0.1, -0.05) is 17.7 Å². The Bertz CT molecular complexity index is 977. The van der Waals surface area contributed by atoms with Crippen LogP contribution >= 0.6 is 11.6 Å². The smallest absolute Gasteiger partial charge is 0.165 e. The van der Waals surface area contributed by atoms with Gasteiger partial charge in [0.25, 0.3) is 0 Å². The van der Waals surface area contributed by atoms with E-state index in [0.29, 0.717) is 10.8 Å². The van der Waals surface area contributed by atoms with Crippen molar-refractivity contribution in [2.24, 2.45) is 5.10 Å². The zero-order valence-electron chi connectivity index (χ0n) is 16.8. The van der Waals surface area contributed by atoms with Crippen molar-refractivity contribution >= 4 is 37.0 Å². The van der Waals surface area contributed by atoms with Crippen molar-refractivity contribution < 1.29 is 9.59 Å². The van der Waals surface area contributed by atoms with E-state index < -0.39 is 0 Å². The largest absolute Gasteiger partial charge is 0.307 e. The van der Waals surface area contributed by atoms with E-state index in [1.54, 1.807) is 34.2 Å². The summed E-state index contributed by atoms with van der Waals surface area (Å²) in [5.74, 6) is 0. The zero-order chi connectivity index (χ0) is 22.4. The highest BCUT2D eigenvalue weighted by Crippen LogP contribution is 2.10. The van der Waals surface area contributed by atoms with Gasteiger partial charge in [0.2, 0.25) is 0 Å². The fourth-order valence-corrected chi connectivity index (χ4v) is 2.08. The number of benzene rings is 1. The van der Waals surface area contributed by atoms with Crippen molar-refractivity contribution in [3.63, 3.8) is 0 Å². The molecule has 0 aliphatic rings. The number of hydrogen-bond donors (Lipinski definition) is 0. The van der Waals surface area contributed by atoms with Crippen LogP contribution in [0.25, 0.3) is 5.65 Å². The second-order valence-electron chi connectivity index (χ2n) is 5.62. The highest BCUT2D eigenvalue weighted by molar-refractivity contribution is 6.29. The topological polar surface area (TPSA) is 104 Å². The number of carbonyl (C=O) groups is 2. The number of halogens is 1. The monoisotopic (exact) mass is 414 g/mol. The molecule has 0 atom stereocenters. The number of hydrazone groups is 1. The van der Waals surface area contributed by atoms with Crippen molar-refractivity contribution in [1.82, 2.24) is 19.6 Å². The molecule has 0 bridgehead atoms. The van der Waals surface area contributed by atoms with Crippen LogP contribution in [0.5, 0.6) is 0 Å². The molecule has 29 heavy (non-hydrogen) atoms. The maximum atomic E-state index is 8.50. The Morgan fingerprint density at radius 1 is 1.17 bits per heavy atom. The van der Waals surface area contributed by atoms with Gasteiger partial charge in [-0.3, -0.25) is 0 Å². The first-order valence-corrected chi connectivity index (χ1v) is 8.55. The molecule has 0 amide bonds. The first-order chi connectivity index (χ1) is 13.9. The average molecular weight is 415 g/mol. The molecule has 0 radical (unpaired) electrons. The van der Waals surface area contributed by atoms with Crippen LogP contribution in [0.4, 0.5) is 0 Å². The van der Waals surface area contributed by atoms with Crippen LogP contribution in [0.1, 0.15) is 22.3 Å². The van der Waals surface area contributed by atoms with Gasteiger partial charge in [0.1, 0.15) is 18.7 Å². The highest BCUT2D eigenvalue weighted by Gasteiger charge is 2.03. The molecule has 0 N–H and O–H groups in total. The molecule has 9 heteroatoms. The van der Waals surface area contributed by atoms with Crippen molar-refractivity contribution in [3.8, 4) is 6.07 Å². The van der Waals surface area contributed by atoms with Gasteiger partial charge in [0.15, 0.2) is 5.65 Å². The van der Waals surface area contributed by atoms with Crippen LogP contribution < -0.4 is 0 Å². The SMILES string of the molecule is C=O.C=O.CN(C)/N=C/c1cnn2ccc(Cl)nc12.Cc1ccc(C#N)cc1C. The molecule has 1 aromatic carbocycles. The predicted molar refractivity (Wildman–Crippen MR) is 114 cm³/mol. The molecule has 0 aliphatic heterocycles. The van der Waals surface area contributed by atoms with E-state index in [2.05, 4.69) is 21.3 Å². The zero-order valence-corrected chi connectivity index (χ0v) is 17.6. The van der Waals surface area contributed by atoms with Gasteiger partial charge in [-0.25, -0.2) is 9.50 Å². The molecule has 3 aromatic rings. The van der Waals surface area contributed by atoms with Crippen LogP contribution in [-0.4, -0.2) is 53.5 Å². The lowest BCUT2D eigenvalue weighted by atomic mass is 10.1. The summed E-state index contributed by atoms with van der Waals surface area (Å²) in [6.07, 6.45) is 5.16. The minimum Gasteiger partial charge on any atom is -0.307 e. The Morgan fingerprint density at radius 2 is 1.83 bits per heavy atom. The lowest BCUT2D eigenvalue weighted by molar-refractivity contribution is -0.0987. The summed E-state index contributed by atoms with van der Waals surface area (Å²) in [7, 11) is 3.70. The van der Waals surface area contributed by atoms with Crippen LogP contribution in [0, 0.1) is 25.2 Å². The minimum absolute atomic E-state index is 0.447. The van der Waals surface area contributed by atoms with Crippen LogP contribution in [0.2, 0.25) is 5.15 Å². The van der Waals surface area contributed by atoms with Gasteiger partial charge in [-0.2, -0.15) is 15.5 Å². The highest BCUT2D eigenvalue weighted by atomic mass is 35.5. The van der Waals surface area contributed by atoms with E-state index in [-0.39, 0.29) is 0 Å². The fourth-order valence-electron chi connectivity index (χ4n) is 1.94. The molecule has 2 aromatic heterocycles. The third kappa shape index (κ3) is 8.32. The van der Waals surface area contributed by atoms with Crippen LogP contribution in [0.3, 0.4) is 0 Å². The van der Waals surface area contributed by atoms with Crippen molar-refractivity contribution in [2.45, 2.75) is 13.8 Å². The van der Waals surface area contributed by atoms with Gasteiger partial charge < -0.3 is 14.6 Å². The number of fused-ring (bicyclic) bond motifs is 1. The lowest BCUT2D eigenvalue weighted by Crippen LogP contribution is -2.02. The Labute approximate surface area is 175 Å². The van der Waals surface area contributed by atoms with E-state index in [0.717, 1.165) is 11.1 Å². The number of hydrogen-bond acceptors (Lipinski definition) is 7. The van der Waals surface area contributed by atoms with E-state index in [1.165, 1.54) is 11.1 Å². The Hall–Kier alpha value is -3.57. The second-order valence-corrected chi connectivity index (χ2v) is 6.01. The standard InChI is InChI=1S/C9H10ClN5.C9H9N.2CH2O/c1-14(2)11-5-7-6-12-15-4-3-8(10)13-9(7)15;1-7-3-4-9(6-10)5-8(7)2;2*1-2/h3-6H,1-2H3;3-5H,1-2H3;2*1H2/b11-5+;;;. The second kappa shape index (κ2) is 13.6. The summed E-state index contributed by atoms with van der Waals surface area (Å²) in [5, 5.41) is 18.9. The summed E-state index contributed by atoms with van der Waals surface area (Å²) in [6.45, 7) is 8.05. The number of nitriles is 1. The lowest BCUT2D eigenvalue weighted by Gasteiger charge is -2.01. The van der Waals surface area contributed by atoms with E-state index >= 15 is 0 Å². The molecule has 3 rings (SSSR count). The molecule has 152 valence electrons. The molecule has 2 heterocycles. The number of carbonyl (C=O) groups excluding carboxylic acids is 2. The molecule has 0 spiro atoms. The third-order valence-electron chi connectivity index (χ3n) is 3.43. The quantitative estimate of drug-likeness (QED) is 0.362. The average Bonchev–Trinajstić information content (AvgIpc) is 3.14. The predicted octanol–water partition coefficient (Wildman–Crippen LogP) is 3.08. The number of nitrogens with zero attached hydrogens (tertiary/aromatic N) is 6. The van der Waals surface area contributed by atoms with Gasteiger partial charge in [0.05, 0.1) is 29.6 Å². The number of aromatic nitrogens is 3. The molecule has 0 saturated carbocycles. The Balaban J connectivity index is 0.000000488. The molecule has 0 saturated heterocycles. The molecule has 0 aliphatic carbocycles. The van der Waals surface area contributed by atoms with E-state index in [1.807, 2.05) is 59.7 Å². The van der Waals surface area contributed by atoms with Crippen molar-refractivity contribution in [3.05, 3.63) is 64.1 Å². The van der Waals surface area contributed by atoms with E-state index in [4.69, 9.17) is 26.5 Å². The van der Waals surface area contributed by atoms with Gasteiger partial charge in [0, 0.05) is 20.3 Å². The molecule has 8 nitrogen and oxygen atoms in total. The summed E-state index contributed by atoms with van der Waals surface area (Å²) < 4.78 is 1.66. The first-order valence-electron chi connectivity index (χ1n) is 8.17. The number of rotatable bonds is 2. The van der Waals surface area contributed by atoms with Gasteiger partial charge in [-0.15, -0.1) is 0 Å². The molecule has 0 fully saturated rings. The van der Waals surface area contributed by atoms with Crippen molar-refractivity contribution in [2.75, 3.05) is 14.1 Å². The normalized spacial score (nSPS) is 9.24. The maximum Gasteiger partial charge on any atom is 0.165 e. The minimum atomic E-state index is 0.447. The summed E-state index contributed by atoms with van der Waals surface area (Å²) in [5.41, 5.74) is 4.69. The Kier molecular flexibility index (Phi) is 11.9. The first kappa shape index (κ1) is 25.4. The fraction of sp³-hybridized carbons (Fsp3) is 0.200. The molecular weight excluding hydrogens is 392 g/mol.